The van der Waals surface area contributed by atoms with Crippen LogP contribution in [0.15, 0.2) is 42.5 Å². The lowest BCUT2D eigenvalue weighted by Crippen LogP contribution is -2.37. The van der Waals surface area contributed by atoms with E-state index >= 15 is 0 Å². The number of benzene rings is 2. The third kappa shape index (κ3) is 7.82. The monoisotopic (exact) mass is 540 g/mol. The van der Waals surface area contributed by atoms with Crippen LogP contribution in [0.4, 0.5) is 0 Å². The van der Waals surface area contributed by atoms with Gasteiger partial charge in [-0.05, 0) is 63.8 Å². The average Bonchev–Trinajstić information content (AvgIpc) is 3.25. The molecule has 0 aliphatic rings. The molecule has 0 saturated carbocycles. The Morgan fingerprint density at radius 3 is 2.42 bits per heavy atom. The van der Waals surface area contributed by atoms with Crippen LogP contribution < -0.4 is 15.4 Å². The van der Waals surface area contributed by atoms with Crippen molar-refractivity contribution in [2.75, 3.05) is 6.61 Å². The van der Waals surface area contributed by atoms with E-state index in [1.165, 1.54) is 6.92 Å². The van der Waals surface area contributed by atoms with Gasteiger partial charge in [-0.3, -0.25) is 9.59 Å². The number of carbonyl (C=O) groups is 2. The van der Waals surface area contributed by atoms with E-state index in [1.807, 2.05) is 52.0 Å². The second-order valence-electron chi connectivity index (χ2n) is 9.65. The number of aliphatic hydroxyl groups is 1. The molecule has 0 saturated heterocycles. The summed E-state index contributed by atoms with van der Waals surface area (Å²) >= 11 is 6.30. The van der Waals surface area contributed by atoms with E-state index in [9.17, 15) is 14.7 Å². The second-order valence-corrected chi connectivity index (χ2v) is 10.1. The van der Waals surface area contributed by atoms with Crippen LogP contribution in [0, 0.1) is 6.92 Å². The number of hydrogen-bond donors (Lipinski definition) is 4. The van der Waals surface area contributed by atoms with E-state index in [4.69, 9.17) is 21.3 Å². The lowest BCUT2D eigenvalue weighted by Gasteiger charge is -2.19. The molecule has 204 valence electrons. The Labute approximate surface area is 229 Å². The van der Waals surface area contributed by atoms with Gasteiger partial charge in [0.05, 0.1) is 22.9 Å². The highest BCUT2D eigenvalue weighted by Crippen LogP contribution is 2.27. The number of rotatable bonds is 12. The number of aromatic nitrogens is 2. The number of aromatic amines is 1. The molecule has 1 aromatic heterocycles. The molecule has 0 spiro atoms. The number of aryl methyl sites for hydroxylation is 1. The van der Waals surface area contributed by atoms with Gasteiger partial charge in [-0.25, -0.2) is 4.98 Å². The van der Waals surface area contributed by atoms with Crippen LogP contribution in [-0.2, 0) is 11.2 Å². The summed E-state index contributed by atoms with van der Waals surface area (Å²) in [6.07, 6.45) is 1.67. The summed E-state index contributed by atoms with van der Waals surface area (Å²) in [5.41, 5.74) is 4.15. The largest absolute Gasteiger partial charge is 0.489 e. The van der Waals surface area contributed by atoms with Gasteiger partial charge < -0.3 is 25.5 Å². The standard InChI is InChI=1S/C29H37ClN4O4/c1-6-25(32-19(5)36)28-31-18(4)27(34-28)21-9-7-20(8-10-21)15-23(13-14-35)33-29(37)22-11-12-26(24(30)16-22)38-17(2)3/h7-12,16-17,23,25,35H,6,13-15H2,1-5H3,(H,31,34)(H,32,36)(H,33,37)/t23-,25-/m1/s1. The van der Waals surface area contributed by atoms with E-state index < -0.39 is 0 Å². The summed E-state index contributed by atoms with van der Waals surface area (Å²) in [4.78, 5) is 32.5. The van der Waals surface area contributed by atoms with Crippen LogP contribution >= 0.6 is 11.6 Å². The molecule has 3 rings (SSSR count). The number of halogens is 1. The van der Waals surface area contributed by atoms with E-state index in [2.05, 4.69) is 15.6 Å². The molecule has 1 heterocycles. The number of H-pyrrole nitrogens is 1. The molecule has 0 unspecified atom stereocenters. The van der Waals surface area contributed by atoms with Crippen molar-refractivity contribution in [1.29, 1.82) is 0 Å². The first-order valence-electron chi connectivity index (χ1n) is 12.9. The fourth-order valence-electron chi connectivity index (χ4n) is 4.26. The zero-order chi connectivity index (χ0) is 27.8. The van der Waals surface area contributed by atoms with Crippen LogP contribution in [0.5, 0.6) is 5.75 Å². The van der Waals surface area contributed by atoms with Crippen molar-refractivity contribution in [3.63, 3.8) is 0 Å². The molecule has 0 fully saturated rings. The highest BCUT2D eigenvalue weighted by molar-refractivity contribution is 6.32. The molecule has 0 bridgehead atoms. The Bertz CT molecular complexity index is 1240. The summed E-state index contributed by atoms with van der Waals surface area (Å²) in [7, 11) is 0. The first kappa shape index (κ1) is 29.2. The van der Waals surface area contributed by atoms with Gasteiger partial charge in [-0.15, -0.1) is 0 Å². The normalized spacial score (nSPS) is 12.7. The molecule has 38 heavy (non-hydrogen) atoms. The number of nitrogens with one attached hydrogen (secondary N) is 3. The van der Waals surface area contributed by atoms with Gasteiger partial charge in [0.2, 0.25) is 5.91 Å². The zero-order valence-electron chi connectivity index (χ0n) is 22.6. The number of ether oxygens (including phenoxy) is 1. The van der Waals surface area contributed by atoms with Crippen LogP contribution in [0.2, 0.25) is 5.02 Å². The van der Waals surface area contributed by atoms with E-state index in [0.29, 0.717) is 29.2 Å². The fraction of sp³-hybridized carbons (Fsp3) is 0.414. The Hall–Kier alpha value is -3.36. The summed E-state index contributed by atoms with van der Waals surface area (Å²) in [6.45, 7) is 9.23. The Morgan fingerprint density at radius 2 is 1.84 bits per heavy atom. The fourth-order valence-corrected chi connectivity index (χ4v) is 4.49. The number of amides is 2. The molecule has 0 aliphatic carbocycles. The summed E-state index contributed by atoms with van der Waals surface area (Å²) in [5, 5.41) is 15.9. The molecule has 4 N–H and O–H groups in total. The van der Waals surface area contributed by atoms with E-state index in [-0.39, 0.29) is 36.6 Å². The van der Waals surface area contributed by atoms with Gasteiger partial charge in [0, 0.05) is 36.4 Å². The first-order chi connectivity index (χ1) is 18.1. The minimum Gasteiger partial charge on any atom is -0.489 e. The van der Waals surface area contributed by atoms with Gasteiger partial charge >= 0.3 is 0 Å². The third-order valence-corrected chi connectivity index (χ3v) is 6.39. The van der Waals surface area contributed by atoms with Gasteiger partial charge in [0.15, 0.2) is 0 Å². The molecule has 0 aliphatic heterocycles. The maximum atomic E-state index is 12.9. The average molecular weight is 541 g/mol. The highest BCUT2D eigenvalue weighted by Gasteiger charge is 2.19. The Balaban J connectivity index is 1.70. The molecular weight excluding hydrogens is 504 g/mol. The Morgan fingerprint density at radius 1 is 1.13 bits per heavy atom. The zero-order valence-corrected chi connectivity index (χ0v) is 23.4. The maximum Gasteiger partial charge on any atom is 0.251 e. The first-order valence-corrected chi connectivity index (χ1v) is 13.3. The minimum absolute atomic E-state index is 0.0245. The Kier molecular flexibility index (Phi) is 10.3. The summed E-state index contributed by atoms with van der Waals surface area (Å²) in [5.74, 6) is 0.905. The van der Waals surface area contributed by atoms with Crippen LogP contribution in [-0.4, -0.2) is 45.6 Å². The summed E-state index contributed by atoms with van der Waals surface area (Å²) in [6, 6.07) is 12.5. The molecule has 0 radical (unpaired) electrons. The molecule has 8 nitrogen and oxygen atoms in total. The topological polar surface area (TPSA) is 116 Å². The number of hydrogen-bond acceptors (Lipinski definition) is 5. The lowest BCUT2D eigenvalue weighted by atomic mass is 10.0. The van der Waals surface area contributed by atoms with Gasteiger partial charge in [0.1, 0.15) is 11.6 Å². The molecule has 9 heteroatoms. The number of nitrogens with zero attached hydrogens (tertiary/aromatic N) is 1. The molecule has 3 aromatic rings. The van der Waals surface area contributed by atoms with Crippen molar-refractivity contribution < 1.29 is 19.4 Å². The van der Waals surface area contributed by atoms with E-state index in [1.54, 1.807) is 18.2 Å². The molecule has 2 aromatic carbocycles. The van der Waals surface area contributed by atoms with Crippen LogP contribution in [0.25, 0.3) is 11.3 Å². The maximum absolute atomic E-state index is 12.9. The molecule has 2 amide bonds. The predicted molar refractivity (Wildman–Crippen MR) is 149 cm³/mol. The molecular formula is C29H37ClN4O4. The van der Waals surface area contributed by atoms with Crippen LogP contribution in [0.3, 0.4) is 0 Å². The van der Waals surface area contributed by atoms with Crippen molar-refractivity contribution in [3.05, 3.63) is 70.1 Å². The smallest absolute Gasteiger partial charge is 0.251 e. The van der Waals surface area contributed by atoms with Crippen molar-refractivity contribution in [2.24, 2.45) is 0 Å². The number of carbonyl (C=O) groups excluding carboxylic acids is 2. The van der Waals surface area contributed by atoms with Crippen molar-refractivity contribution in [2.45, 2.75) is 72.1 Å². The quantitative estimate of drug-likeness (QED) is 0.254. The summed E-state index contributed by atoms with van der Waals surface area (Å²) < 4.78 is 5.64. The van der Waals surface area contributed by atoms with Crippen molar-refractivity contribution in [1.82, 2.24) is 20.6 Å². The lowest BCUT2D eigenvalue weighted by molar-refractivity contribution is -0.119. The second kappa shape index (κ2) is 13.4. The highest BCUT2D eigenvalue weighted by atomic mass is 35.5. The van der Waals surface area contributed by atoms with Gasteiger partial charge in [-0.2, -0.15) is 0 Å². The predicted octanol–water partition coefficient (Wildman–Crippen LogP) is 5.14. The minimum atomic E-state index is -0.262. The van der Waals surface area contributed by atoms with Gasteiger partial charge in [0.25, 0.3) is 5.91 Å². The SMILES string of the molecule is CC[C@@H](NC(C)=O)c1nc(-c2ccc(C[C@@H](CCO)NC(=O)c3ccc(OC(C)C)c(Cl)c3)cc2)c(C)[nH]1. The molecule has 2 atom stereocenters. The van der Waals surface area contributed by atoms with Gasteiger partial charge in [-0.1, -0.05) is 42.8 Å². The number of imidazole rings is 1. The number of aliphatic hydroxyl groups excluding tert-OH is 1. The van der Waals surface area contributed by atoms with E-state index in [0.717, 1.165) is 34.8 Å². The van der Waals surface area contributed by atoms with Crippen molar-refractivity contribution >= 4 is 23.4 Å². The van der Waals surface area contributed by atoms with Crippen LogP contribution in [0.1, 0.15) is 74.0 Å². The van der Waals surface area contributed by atoms with Crippen molar-refractivity contribution in [3.8, 4) is 17.0 Å². The third-order valence-electron chi connectivity index (χ3n) is 6.10.